The van der Waals surface area contributed by atoms with Crippen molar-refractivity contribution in [3.8, 4) is 0 Å². The third kappa shape index (κ3) is 2.99. The highest BCUT2D eigenvalue weighted by Gasteiger charge is 2.16. The lowest BCUT2D eigenvalue weighted by molar-refractivity contribution is 0.271. The maximum atomic E-state index is 4.59. The summed E-state index contributed by atoms with van der Waals surface area (Å²) in [6.45, 7) is 5.95. The van der Waals surface area contributed by atoms with Gasteiger partial charge < -0.3 is 4.90 Å². The highest BCUT2D eigenvalue weighted by molar-refractivity contribution is 7.11. The summed E-state index contributed by atoms with van der Waals surface area (Å²) in [5.41, 5.74) is 1.30. The van der Waals surface area contributed by atoms with Gasteiger partial charge in [0.2, 0.25) is 0 Å². The lowest BCUT2D eigenvalue weighted by Gasteiger charge is -2.33. The molecule has 1 aliphatic heterocycles. The average molecular weight is 286 g/mol. The van der Waals surface area contributed by atoms with Crippen LogP contribution in [0.3, 0.4) is 0 Å². The minimum absolute atomic E-state index is 0.942. The number of nitrogens with zero attached hydrogens (tertiary/aromatic N) is 4. The monoisotopic (exact) mass is 286 g/mol. The summed E-state index contributed by atoms with van der Waals surface area (Å²) in [7, 11) is 0. The van der Waals surface area contributed by atoms with E-state index < -0.39 is 0 Å². The summed E-state index contributed by atoms with van der Waals surface area (Å²) in [6, 6.07) is 8.18. The maximum absolute atomic E-state index is 4.59. The van der Waals surface area contributed by atoms with Crippen LogP contribution < -0.4 is 4.90 Å². The molecule has 0 aliphatic carbocycles. The van der Waals surface area contributed by atoms with Gasteiger partial charge in [-0.25, -0.2) is 4.98 Å². The van der Waals surface area contributed by atoms with E-state index in [1.807, 2.05) is 24.5 Å². The van der Waals surface area contributed by atoms with Gasteiger partial charge in [0.05, 0.1) is 19.3 Å². The molecular formula is C15H18N4S. The van der Waals surface area contributed by atoms with Gasteiger partial charge in [-0.1, -0.05) is 6.07 Å². The van der Waals surface area contributed by atoms with E-state index in [2.05, 4.69) is 44.4 Å². The molecule has 104 valence electrons. The van der Waals surface area contributed by atoms with Crippen LogP contribution >= 0.6 is 11.3 Å². The van der Waals surface area contributed by atoms with Crippen LogP contribution in [0.4, 0.5) is 5.82 Å². The molecule has 3 heterocycles. The Kier molecular flexibility index (Phi) is 3.97. The number of thiophene rings is 1. The predicted octanol–water partition coefficient (Wildman–Crippen LogP) is 2.61. The maximum Gasteiger partial charge on any atom is 0.128 e. The van der Waals surface area contributed by atoms with Crippen molar-refractivity contribution in [2.24, 2.45) is 5.10 Å². The van der Waals surface area contributed by atoms with E-state index in [1.54, 1.807) is 11.3 Å². The molecule has 0 N–H and O–H groups in total. The molecule has 1 aliphatic rings. The van der Waals surface area contributed by atoms with Gasteiger partial charge in [-0.3, -0.25) is 5.01 Å². The molecule has 0 amide bonds. The average Bonchev–Trinajstić information content (AvgIpc) is 2.92. The number of rotatable bonds is 3. The topological polar surface area (TPSA) is 31.7 Å². The van der Waals surface area contributed by atoms with Crippen molar-refractivity contribution in [1.82, 2.24) is 9.99 Å². The number of anilines is 1. The van der Waals surface area contributed by atoms with Crippen molar-refractivity contribution in [3.63, 3.8) is 0 Å². The SMILES string of the molecule is Cc1ccsc1C=NN1CCN(c2ccccn2)CC1. The van der Waals surface area contributed by atoms with E-state index in [9.17, 15) is 0 Å². The molecule has 0 radical (unpaired) electrons. The van der Waals surface area contributed by atoms with Gasteiger partial charge in [0, 0.05) is 24.2 Å². The van der Waals surface area contributed by atoms with E-state index >= 15 is 0 Å². The molecule has 3 rings (SSSR count). The van der Waals surface area contributed by atoms with E-state index in [-0.39, 0.29) is 0 Å². The standard InChI is InChI=1S/C15H18N4S/c1-13-5-11-20-14(13)12-17-19-9-7-18(8-10-19)15-4-2-3-6-16-15/h2-6,11-12H,7-10H2,1H3. The van der Waals surface area contributed by atoms with Crippen LogP contribution in [0.5, 0.6) is 0 Å². The van der Waals surface area contributed by atoms with Crippen LogP contribution in [0, 0.1) is 6.92 Å². The summed E-state index contributed by atoms with van der Waals surface area (Å²) >= 11 is 1.74. The van der Waals surface area contributed by atoms with Crippen LogP contribution in [0.25, 0.3) is 0 Å². The zero-order valence-electron chi connectivity index (χ0n) is 11.6. The number of hydrogen-bond acceptors (Lipinski definition) is 5. The molecule has 4 nitrogen and oxygen atoms in total. The van der Waals surface area contributed by atoms with Crippen molar-refractivity contribution in [3.05, 3.63) is 46.3 Å². The number of pyridine rings is 1. The quantitative estimate of drug-likeness (QED) is 0.813. The summed E-state index contributed by atoms with van der Waals surface area (Å²) < 4.78 is 0. The fourth-order valence-electron chi connectivity index (χ4n) is 2.23. The summed E-state index contributed by atoms with van der Waals surface area (Å²) in [5, 5.41) is 8.83. The smallest absolute Gasteiger partial charge is 0.128 e. The largest absolute Gasteiger partial charge is 0.353 e. The minimum atomic E-state index is 0.942. The first kappa shape index (κ1) is 13.1. The highest BCUT2D eigenvalue weighted by atomic mass is 32.1. The summed E-state index contributed by atoms with van der Waals surface area (Å²) in [6.07, 6.45) is 3.83. The summed E-state index contributed by atoms with van der Waals surface area (Å²) in [5.74, 6) is 1.06. The Morgan fingerprint density at radius 3 is 2.70 bits per heavy atom. The number of piperazine rings is 1. The normalized spacial score (nSPS) is 16.1. The van der Waals surface area contributed by atoms with Crippen LogP contribution in [-0.4, -0.2) is 42.4 Å². The Labute approximate surface area is 123 Å². The molecule has 1 saturated heterocycles. The molecule has 0 unspecified atom stereocenters. The van der Waals surface area contributed by atoms with E-state index in [4.69, 9.17) is 0 Å². The Morgan fingerprint density at radius 2 is 2.05 bits per heavy atom. The molecule has 2 aromatic heterocycles. The molecule has 0 spiro atoms. The molecule has 2 aromatic rings. The number of aromatic nitrogens is 1. The third-order valence-corrected chi connectivity index (χ3v) is 4.42. The van der Waals surface area contributed by atoms with Crippen molar-refractivity contribution in [1.29, 1.82) is 0 Å². The molecular weight excluding hydrogens is 268 g/mol. The van der Waals surface area contributed by atoms with Crippen LogP contribution in [0.2, 0.25) is 0 Å². The van der Waals surface area contributed by atoms with Crippen LogP contribution in [0.1, 0.15) is 10.4 Å². The second-order valence-electron chi connectivity index (χ2n) is 4.84. The van der Waals surface area contributed by atoms with Crippen molar-refractivity contribution in [2.75, 3.05) is 31.1 Å². The van der Waals surface area contributed by atoms with Crippen molar-refractivity contribution < 1.29 is 0 Å². The number of hydrazone groups is 1. The van der Waals surface area contributed by atoms with Gasteiger partial charge in [0.25, 0.3) is 0 Å². The lowest BCUT2D eigenvalue weighted by Crippen LogP contribution is -2.44. The Morgan fingerprint density at radius 1 is 1.20 bits per heavy atom. The number of aryl methyl sites for hydroxylation is 1. The first-order chi connectivity index (χ1) is 9.83. The van der Waals surface area contributed by atoms with E-state index in [0.29, 0.717) is 0 Å². The molecule has 0 atom stereocenters. The van der Waals surface area contributed by atoms with Gasteiger partial charge in [-0.2, -0.15) is 5.10 Å². The van der Waals surface area contributed by atoms with Crippen LogP contribution in [0.15, 0.2) is 40.9 Å². The zero-order chi connectivity index (χ0) is 13.8. The molecule has 1 fully saturated rings. The molecule has 0 aromatic carbocycles. The summed E-state index contributed by atoms with van der Waals surface area (Å²) in [4.78, 5) is 7.95. The number of hydrogen-bond donors (Lipinski definition) is 0. The second kappa shape index (κ2) is 6.05. The van der Waals surface area contributed by atoms with Crippen molar-refractivity contribution >= 4 is 23.4 Å². The third-order valence-electron chi connectivity index (χ3n) is 3.47. The Hall–Kier alpha value is -1.88. The fraction of sp³-hybridized carbons (Fsp3) is 0.333. The Balaban J connectivity index is 1.57. The highest BCUT2D eigenvalue weighted by Crippen LogP contribution is 2.15. The van der Waals surface area contributed by atoms with Gasteiger partial charge in [0.15, 0.2) is 0 Å². The first-order valence-corrected chi connectivity index (χ1v) is 7.70. The van der Waals surface area contributed by atoms with Gasteiger partial charge in [-0.15, -0.1) is 11.3 Å². The lowest BCUT2D eigenvalue weighted by atomic mass is 10.3. The van der Waals surface area contributed by atoms with E-state index in [1.165, 1.54) is 10.4 Å². The Bertz CT molecular complexity index is 571. The van der Waals surface area contributed by atoms with Crippen molar-refractivity contribution in [2.45, 2.75) is 6.92 Å². The second-order valence-corrected chi connectivity index (χ2v) is 5.79. The van der Waals surface area contributed by atoms with Gasteiger partial charge in [0.1, 0.15) is 5.82 Å². The molecule has 20 heavy (non-hydrogen) atoms. The molecule has 0 saturated carbocycles. The molecule has 0 bridgehead atoms. The van der Waals surface area contributed by atoms with Gasteiger partial charge >= 0.3 is 0 Å². The fourth-order valence-corrected chi connectivity index (χ4v) is 3.01. The zero-order valence-corrected chi connectivity index (χ0v) is 12.4. The minimum Gasteiger partial charge on any atom is -0.353 e. The van der Waals surface area contributed by atoms with Crippen LogP contribution in [-0.2, 0) is 0 Å². The predicted molar refractivity (Wildman–Crippen MR) is 84.7 cm³/mol. The first-order valence-electron chi connectivity index (χ1n) is 6.82. The molecule has 5 heteroatoms. The van der Waals surface area contributed by atoms with E-state index in [0.717, 1.165) is 32.0 Å². The van der Waals surface area contributed by atoms with Gasteiger partial charge in [-0.05, 0) is 36.1 Å².